The monoisotopic (exact) mass is 436 g/mol. The summed E-state index contributed by atoms with van der Waals surface area (Å²) in [5.74, 6) is 2.14. The average molecular weight is 436 g/mol. The highest BCUT2D eigenvalue weighted by Crippen LogP contribution is 2.25. The van der Waals surface area contributed by atoms with Crippen LogP contribution in [0.3, 0.4) is 0 Å². The number of nitrogens with zero attached hydrogens (tertiary/aromatic N) is 4. The van der Waals surface area contributed by atoms with Crippen molar-refractivity contribution in [1.29, 1.82) is 0 Å². The summed E-state index contributed by atoms with van der Waals surface area (Å²) in [4.78, 5) is 28.8. The fraction of sp³-hybridized carbons (Fsp3) is 0.261. The maximum atomic E-state index is 12.4. The molecule has 0 aliphatic rings. The molecule has 166 valence electrons. The molecule has 0 amide bonds. The first kappa shape index (κ1) is 21.2. The molecule has 0 spiro atoms. The van der Waals surface area contributed by atoms with Gasteiger partial charge in [0, 0.05) is 33.6 Å². The quantitative estimate of drug-likeness (QED) is 0.395. The molecule has 0 saturated carbocycles. The molecule has 0 saturated heterocycles. The predicted octanol–water partition coefficient (Wildman–Crippen LogP) is 2.61. The summed E-state index contributed by atoms with van der Waals surface area (Å²) >= 11 is 0. The highest BCUT2D eigenvalue weighted by Gasteiger charge is 2.17. The van der Waals surface area contributed by atoms with Crippen LogP contribution in [0.5, 0.6) is 23.3 Å². The molecule has 0 aliphatic heterocycles. The Morgan fingerprint density at radius 3 is 2.25 bits per heavy atom. The number of aromatic nitrogens is 4. The Labute approximate surface area is 184 Å². The van der Waals surface area contributed by atoms with E-state index < -0.39 is 11.2 Å². The maximum Gasteiger partial charge on any atom is 0.332 e. The van der Waals surface area contributed by atoms with Crippen LogP contribution in [0.15, 0.2) is 64.2 Å². The molecule has 0 N–H and O–H groups in total. The molecular weight excluding hydrogens is 412 g/mol. The van der Waals surface area contributed by atoms with Crippen molar-refractivity contribution in [3.63, 3.8) is 0 Å². The van der Waals surface area contributed by atoms with Gasteiger partial charge >= 0.3 is 5.69 Å². The standard InChI is InChI=1S/C23H24N4O5/c1-25-19-20(26(2)23(29)27(3)21(19)28)24-22(25)31-14-8-13-30-17-11-7-12-18(15-17)32-16-9-5-4-6-10-16/h4-7,9-12,15H,8,13-14H2,1-3H3. The van der Waals surface area contributed by atoms with Crippen LogP contribution in [0.25, 0.3) is 11.2 Å². The smallest absolute Gasteiger partial charge is 0.332 e. The zero-order chi connectivity index (χ0) is 22.7. The zero-order valence-corrected chi connectivity index (χ0v) is 18.1. The van der Waals surface area contributed by atoms with Gasteiger partial charge in [-0.25, -0.2) is 4.79 Å². The highest BCUT2D eigenvalue weighted by atomic mass is 16.5. The van der Waals surface area contributed by atoms with E-state index >= 15 is 0 Å². The predicted molar refractivity (Wildman–Crippen MR) is 120 cm³/mol. The van der Waals surface area contributed by atoms with Gasteiger partial charge < -0.3 is 14.2 Å². The van der Waals surface area contributed by atoms with Crippen LogP contribution in [0.1, 0.15) is 6.42 Å². The van der Waals surface area contributed by atoms with E-state index in [1.165, 1.54) is 11.6 Å². The van der Waals surface area contributed by atoms with Crippen molar-refractivity contribution in [2.45, 2.75) is 6.42 Å². The second kappa shape index (κ2) is 9.01. The third kappa shape index (κ3) is 4.22. The van der Waals surface area contributed by atoms with E-state index in [1.54, 1.807) is 18.7 Å². The number of benzene rings is 2. The van der Waals surface area contributed by atoms with Gasteiger partial charge in [-0.1, -0.05) is 24.3 Å². The zero-order valence-electron chi connectivity index (χ0n) is 18.1. The first-order valence-electron chi connectivity index (χ1n) is 10.2. The van der Waals surface area contributed by atoms with Gasteiger partial charge in [-0.3, -0.25) is 18.5 Å². The topological polar surface area (TPSA) is 89.5 Å². The van der Waals surface area contributed by atoms with Gasteiger partial charge in [0.1, 0.15) is 17.2 Å². The van der Waals surface area contributed by atoms with Gasteiger partial charge in [-0.2, -0.15) is 4.98 Å². The molecular formula is C23H24N4O5. The summed E-state index contributed by atoms with van der Waals surface area (Å²) < 4.78 is 21.3. The molecule has 0 bridgehead atoms. The summed E-state index contributed by atoms with van der Waals surface area (Å²) in [7, 11) is 4.70. The molecule has 0 aliphatic carbocycles. The van der Waals surface area contributed by atoms with Crippen LogP contribution in [-0.2, 0) is 21.1 Å². The molecule has 0 unspecified atom stereocenters. The third-order valence-corrected chi connectivity index (χ3v) is 5.01. The Bertz CT molecular complexity index is 1350. The molecule has 9 nitrogen and oxygen atoms in total. The number of rotatable bonds is 8. The lowest BCUT2D eigenvalue weighted by atomic mass is 10.3. The third-order valence-electron chi connectivity index (χ3n) is 5.01. The molecule has 4 rings (SSSR count). The van der Waals surface area contributed by atoms with Gasteiger partial charge in [0.25, 0.3) is 11.6 Å². The van der Waals surface area contributed by atoms with Crippen molar-refractivity contribution in [3.8, 4) is 23.3 Å². The SMILES string of the molecule is Cn1c(=O)c2c(nc(OCCCOc3cccc(Oc4ccccc4)c3)n2C)n(C)c1=O. The fourth-order valence-electron chi connectivity index (χ4n) is 3.29. The number of fused-ring (bicyclic) bond motifs is 1. The van der Waals surface area contributed by atoms with Crippen LogP contribution in [0, 0.1) is 0 Å². The molecule has 0 fully saturated rings. The summed E-state index contributed by atoms with van der Waals surface area (Å²) in [5.41, 5.74) is -0.230. The average Bonchev–Trinajstić information content (AvgIpc) is 3.13. The van der Waals surface area contributed by atoms with E-state index in [0.29, 0.717) is 42.3 Å². The summed E-state index contributed by atoms with van der Waals surface area (Å²) in [5, 5.41) is 0. The number of imidazole rings is 1. The Kier molecular flexibility index (Phi) is 5.98. The number of hydrogen-bond acceptors (Lipinski definition) is 6. The fourth-order valence-corrected chi connectivity index (χ4v) is 3.29. The second-order valence-corrected chi connectivity index (χ2v) is 7.27. The Morgan fingerprint density at radius 1 is 0.781 bits per heavy atom. The van der Waals surface area contributed by atoms with E-state index in [1.807, 2.05) is 54.6 Å². The largest absolute Gasteiger partial charge is 0.493 e. The normalized spacial score (nSPS) is 11.0. The minimum atomic E-state index is -0.431. The summed E-state index contributed by atoms with van der Waals surface area (Å²) in [6.07, 6.45) is 0.601. The van der Waals surface area contributed by atoms with E-state index in [-0.39, 0.29) is 6.01 Å². The molecule has 2 heterocycles. The van der Waals surface area contributed by atoms with E-state index in [2.05, 4.69) is 4.98 Å². The van der Waals surface area contributed by atoms with Crippen molar-refractivity contribution < 1.29 is 14.2 Å². The first-order chi connectivity index (χ1) is 15.5. The molecule has 4 aromatic rings. The Balaban J connectivity index is 1.34. The van der Waals surface area contributed by atoms with Gasteiger partial charge in [0.05, 0.1) is 13.2 Å². The van der Waals surface area contributed by atoms with E-state index in [4.69, 9.17) is 14.2 Å². The summed E-state index contributed by atoms with van der Waals surface area (Å²) in [6.45, 7) is 0.768. The molecule has 0 radical (unpaired) electrons. The maximum absolute atomic E-state index is 12.4. The number of para-hydroxylation sites is 1. The van der Waals surface area contributed by atoms with Gasteiger partial charge in [-0.15, -0.1) is 0 Å². The van der Waals surface area contributed by atoms with Crippen LogP contribution < -0.4 is 25.5 Å². The Morgan fingerprint density at radius 2 is 1.47 bits per heavy atom. The van der Waals surface area contributed by atoms with Crippen LogP contribution in [-0.4, -0.2) is 31.9 Å². The lowest BCUT2D eigenvalue weighted by molar-refractivity contribution is 0.232. The van der Waals surface area contributed by atoms with Crippen LogP contribution in [0.2, 0.25) is 0 Å². The van der Waals surface area contributed by atoms with Gasteiger partial charge in [0.2, 0.25) is 0 Å². The minimum Gasteiger partial charge on any atom is -0.493 e. The van der Waals surface area contributed by atoms with Crippen molar-refractivity contribution >= 4 is 11.2 Å². The highest BCUT2D eigenvalue weighted by molar-refractivity contribution is 5.71. The Hall–Kier alpha value is -4.01. The van der Waals surface area contributed by atoms with Gasteiger partial charge in [-0.05, 0) is 24.3 Å². The summed E-state index contributed by atoms with van der Waals surface area (Å²) in [6, 6.07) is 17.2. The molecule has 2 aromatic heterocycles. The van der Waals surface area contributed by atoms with Gasteiger partial charge in [0.15, 0.2) is 11.2 Å². The minimum absolute atomic E-state index is 0.275. The first-order valence-corrected chi connectivity index (χ1v) is 10.2. The number of hydrogen-bond donors (Lipinski definition) is 0. The van der Waals surface area contributed by atoms with Crippen LogP contribution in [0.4, 0.5) is 0 Å². The van der Waals surface area contributed by atoms with E-state index in [9.17, 15) is 9.59 Å². The second-order valence-electron chi connectivity index (χ2n) is 7.27. The molecule has 9 heteroatoms. The molecule has 32 heavy (non-hydrogen) atoms. The lowest BCUT2D eigenvalue weighted by Crippen LogP contribution is -2.37. The van der Waals surface area contributed by atoms with Crippen molar-refractivity contribution in [2.24, 2.45) is 21.1 Å². The number of ether oxygens (including phenoxy) is 3. The number of aryl methyl sites for hydroxylation is 2. The van der Waals surface area contributed by atoms with Crippen molar-refractivity contribution in [1.82, 2.24) is 18.7 Å². The molecule has 2 aromatic carbocycles. The molecule has 0 atom stereocenters. The lowest BCUT2D eigenvalue weighted by Gasteiger charge is -2.10. The van der Waals surface area contributed by atoms with E-state index in [0.717, 1.165) is 10.3 Å². The van der Waals surface area contributed by atoms with Crippen molar-refractivity contribution in [2.75, 3.05) is 13.2 Å². The van der Waals surface area contributed by atoms with Crippen molar-refractivity contribution in [3.05, 3.63) is 75.4 Å². The van der Waals surface area contributed by atoms with Crippen LogP contribution >= 0.6 is 0 Å².